The van der Waals surface area contributed by atoms with E-state index in [1.54, 1.807) is 0 Å². The molecule has 20 heavy (non-hydrogen) atoms. The third-order valence-corrected chi connectivity index (χ3v) is 5.13. The van der Waals surface area contributed by atoms with E-state index in [0.717, 1.165) is 18.8 Å². The minimum absolute atomic E-state index is 0.619. The maximum Gasteiger partial charge on any atom is 0.0367 e. The highest BCUT2D eigenvalue weighted by Gasteiger charge is 2.24. The maximum atomic E-state index is 5.77. The van der Waals surface area contributed by atoms with Gasteiger partial charge in [0.25, 0.3) is 0 Å². The molecule has 2 aromatic rings. The molecular formula is C17H20N2S. The van der Waals surface area contributed by atoms with Gasteiger partial charge in [0.05, 0.1) is 0 Å². The van der Waals surface area contributed by atoms with Crippen molar-refractivity contribution in [1.29, 1.82) is 0 Å². The zero-order valence-electron chi connectivity index (χ0n) is 11.8. The Bertz CT molecular complexity index is 580. The van der Waals surface area contributed by atoms with Crippen molar-refractivity contribution < 1.29 is 0 Å². The van der Waals surface area contributed by atoms with E-state index in [0.29, 0.717) is 5.92 Å². The lowest BCUT2D eigenvalue weighted by Crippen LogP contribution is -2.28. The number of rotatable bonds is 4. The maximum absolute atomic E-state index is 5.77. The van der Waals surface area contributed by atoms with Gasteiger partial charge in [0, 0.05) is 41.0 Å². The summed E-state index contributed by atoms with van der Waals surface area (Å²) in [6, 6.07) is 17.0. The molecule has 1 aliphatic rings. The molecule has 0 aliphatic carbocycles. The van der Waals surface area contributed by atoms with E-state index >= 15 is 0 Å². The fourth-order valence-corrected chi connectivity index (χ4v) is 3.99. The monoisotopic (exact) mass is 284 g/mol. The number of likely N-dealkylation sites (N-methyl/N-ethyl adjacent to an activating group) is 1. The van der Waals surface area contributed by atoms with Crippen LogP contribution in [0.4, 0.5) is 11.4 Å². The van der Waals surface area contributed by atoms with Crippen LogP contribution in [-0.4, -0.2) is 18.8 Å². The molecule has 0 amide bonds. The smallest absolute Gasteiger partial charge is 0.0367 e. The molecule has 1 aliphatic heterocycles. The quantitative estimate of drug-likeness (QED) is 0.861. The van der Waals surface area contributed by atoms with E-state index in [1.165, 1.54) is 21.9 Å². The van der Waals surface area contributed by atoms with Gasteiger partial charge < -0.3 is 10.6 Å². The Labute approximate surface area is 125 Å². The Morgan fingerprint density at radius 1 is 1.15 bits per heavy atom. The lowest BCUT2D eigenvalue weighted by molar-refractivity contribution is 0.711. The predicted molar refractivity (Wildman–Crippen MR) is 88.6 cm³/mol. The van der Waals surface area contributed by atoms with Crippen LogP contribution in [0.15, 0.2) is 53.4 Å². The van der Waals surface area contributed by atoms with Crippen molar-refractivity contribution in [3.63, 3.8) is 0 Å². The SMILES string of the molecule is CCN(CC1CSc2ccccc21)c1ccc(N)cc1. The Kier molecular flexibility index (Phi) is 3.88. The highest BCUT2D eigenvalue weighted by atomic mass is 32.2. The lowest BCUT2D eigenvalue weighted by Gasteiger charge is -2.26. The van der Waals surface area contributed by atoms with Gasteiger partial charge in [-0.3, -0.25) is 0 Å². The van der Waals surface area contributed by atoms with Crippen molar-refractivity contribution in [2.45, 2.75) is 17.7 Å². The van der Waals surface area contributed by atoms with E-state index in [4.69, 9.17) is 5.73 Å². The number of nitrogen functional groups attached to an aromatic ring is 1. The van der Waals surface area contributed by atoms with E-state index < -0.39 is 0 Å². The zero-order valence-corrected chi connectivity index (χ0v) is 12.6. The second kappa shape index (κ2) is 5.80. The normalized spacial score (nSPS) is 16.9. The van der Waals surface area contributed by atoms with E-state index in [1.807, 2.05) is 23.9 Å². The number of nitrogens with two attached hydrogens (primary N) is 1. The minimum Gasteiger partial charge on any atom is -0.399 e. The van der Waals surface area contributed by atoms with Gasteiger partial charge in [-0.2, -0.15) is 0 Å². The molecule has 0 spiro atoms. The van der Waals surface area contributed by atoms with Gasteiger partial charge in [-0.15, -0.1) is 11.8 Å². The topological polar surface area (TPSA) is 29.3 Å². The van der Waals surface area contributed by atoms with Gasteiger partial charge in [0.1, 0.15) is 0 Å². The van der Waals surface area contributed by atoms with Crippen molar-refractivity contribution in [1.82, 2.24) is 0 Å². The van der Waals surface area contributed by atoms with E-state index in [2.05, 4.69) is 48.2 Å². The van der Waals surface area contributed by atoms with Crippen molar-refractivity contribution in [2.24, 2.45) is 0 Å². The van der Waals surface area contributed by atoms with Crippen molar-refractivity contribution in [3.05, 3.63) is 54.1 Å². The second-order valence-corrected chi connectivity index (χ2v) is 6.24. The number of hydrogen-bond acceptors (Lipinski definition) is 3. The summed E-state index contributed by atoms with van der Waals surface area (Å²) in [4.78, 5) is 3.89. The van der Waals surface area contributed by atoms with E-state index in [9.17, 15) is 0 Å². The van der Waals surface area contributed by atoms with Gasteiger partial charge in [-0.05, 0) is 42.8 Å². The van der Waals surface area contributed by atoms with Crippen LogP contribution in [0.25, 0.3) is 0 Å². The molecular weight excluding hydrogens is 264 g/mol. The minimum atomic E-state index is 0.619. The average Bonchev–Trinajstić information content (AvgIpc) is 2.89. The average molecular weight is 284 g/mol. The molecule has 0 saturated heterocycles. The third kappa shape index (κ3) is 2.63. The summed E-state index contributed by atoms with van der Waals surface area (Å²) >= 11 is 1.98. The van der Waals surface area contributed by atoms with Crippen molar-refractivity contribution in [2.75, 3.05) is 29.5 Å². The van der Waals surface area contributed by atoms with Crippen LogP contribution in [-0.2, 0) is 0 Å². The number of hydrogen-bond donors (Lipinski definition) is 1. The Hall–Kier alpha value is -1.61. The van der Waals surface area contributed by atoms with Gasteiger partial charge in [0.2, 0.25) is 0 Å². The van der Waals surface area contributed by atoms with Crippen molar-refractivity contribution in [3.8, 4) is 0 Å². The molecule has 3 heteroatoms. The molecule has 1 atom stereocenters. The summed E-state index contributed by atoms with van der Waals surface area (Å²) < 4.78 is 0. The summed E-state index contributed by atoms with van der Waals surface area (Å²) in [7, 11) is 0. The summed E-state index contributed by atoms with van der Waals surface area (Å²) in [5.74, 6) is 1.80. The van der Waals surface area contributed by atoms with Gasteiger partial charge in [0.15, 0.2) is 0 Å². The molecule has 2 N–H and O–H groups in total. The first-order valence-electron chi connectivity index (χ1n) is 7.10. The molecule has 1 unspecified atom stereocenters. The first kappa shape index (κ1) is 13.4. The summed E-state index contributed by atoms with van der Waals surface area (Å²) in [5.41, 5.74) is 9.36. The Morgan fingerprint density at radius 3 is 2.65 bits per heavy atom. The standard InChI is InChI=1S/C17H20N2S/c1-2-19(15-9-7-14(18)8-10-15)11-13-12-20-17-6-4-3-5-16(13)17/h3-10,13H,2,11-12,18H2,1H3. The molecule has 104 valence electrons. The fourth-order valence-electron chi connectivity index (χ4n) is 2.75. The number of nitrogens with zero attached hydrogens (tertiary/aromatic N) is 1. The van der Waals surface area contributed by atoms with Gasteiger partial charge in [-0.1, -0.05) is 18.2 Å². The van der Waals surface area contributed by atoms with Gasteiger partial charge in [-0.25, -0.2) is 0 Å². The number of thioether (sulfide) groups is 1. The molecule has 3 rings (SSSR count). The number of fused-ring (bicyclic) bond motifs is 1. The third-order valence-electron chi connectivity index (χ3n) is 3.88. The number of anilines is 2. The first-order valence-corrected chi connectivity index (χ1v) is 8.08. The summed E-state index contributed by atoms with van der Waals surface area (Å²) in [6.07, 6.45) is 0. The molecule has 0 aromatic heterocycles. The second-order valence-electron chi connectivity index (χ2n) is 5.18. The van der Waals surface area contributed by atoms with Crippen LogP contribution >= 0.6 is 11.8 Å². The Balaban J connectivity index is 1.78. The van der Waals surface area contributed by atoms with E-state index in [-0.39, 0.29) is 0 Å². The van der Waals surface area contributed by atoms with Crippen LogP contribution in [0.1, 0.15) is 18.4 Å². The number of benzene rings is 2. The zero-order chi connectivity index (χ0) is 13.9. The molecule has 0 bridgehead atoms. The molecule has 0 saturated carbocycles. The van der Waals surface area contributed by atoms with Gasteiger partial charge >= 0.3 is 0 Å². The molecule has 2 nitrogen and oxygen atoms in total. The highest BCUT2D eigenvalue weighted by molar-refractivity contribution is 7.99. The summed E-state index contributed by atoms with van der Waals surface area (Å²) in [5, 5.41) is 0. The Morgan fingerprint density at radius 2 is 1.90 bits per heavy atom. The molecule has 0 radical (unpaired) electrons. The van der Waals surface area contributed by atoms with Crippen LogP contribution in [0, 0.1) is 0 Å². The van der Waals surface area contributed by atoms with Crippen LogP contribution in [0.3, 0.4) is 0 Å². The predicted octanol–water partition coefficient (Wildman–Crippen LogP) is 3.98. The van der Waals surface area contributed by atoms with Crippen LogP contribution in [0.5, 0.6) is 0 Å². The fraction of sp³-hybridized carbons (Fsp3) is 0.294. The molecule has 1 heterocycles. The largest absolute Gasteiger partial charge is 0.399 e. The molecule has 2 aromatic carbocycles. The highest BCUT2D eigenvalue weighted by Crippen LogP contribution is 2.40. The lowest BCUT2D eigenvalue weighted by atomic mass is 10.0. The molecule has 0 fully saturated rings. The summed E-state index contributed by atoms with van der Waals surface area (Å²) in [6.45, 7) is 4.31. The van der Waals surface area contributed by atoms with Crippen LogP contribution in [0.2, 0.25) is 0 Å². The van der Waals surface area contributed by atoms with Crippen LogP contribution < -0.4 is 10.6 Å². The van der Waals surface area contributed by atoms with Crippen molar-refractivity contribution >= 4 is 23.1 Å². The first-order chi connectivity index (χ1) is 9.78.